The van der Waals surface area contributed by atoms with E-state index in [9.17, 15) is 8.42 Å². The van der Waals surface area contributed by atoms with Crippen molar-refractivity contribution in [1.82, 2.24) is 10.6 Å². The molecule has 9 heteroatoms. The summed E-state index contributed by atoms with van der Waals surface area (Å²) in [6, 6.07) is 0. The van der Waals surface area contributed by atoms with E-state index in [0.29, 0.717) is 18.8 Å². The summed E-state index contributed by atoms with van der Waals surface area (Å²) in [5, 5.41) is 23.9. The van der Waals surface area contributed by atoms with Gasteiger partial charge in [0.1, 0.15) is 0 Å². The molecule has 0 radical (unpaired) electrons. The lowest BCUT2D eigenvalue weighted by molar-refractivity contribution is 0.282. The Morgan fingerprint density at radius 1 is 0.621 bits per heavy atom. The van der Waals surface area contributed by atoms with Gasteiger partial charge in [0.05, 0.1) is 6.61 Å². The van der Waals surface area contributed by atoms with E-state index in [2.05, 4.69) is 10.6 Å². The molecule has 7 nitrogen and oxygen atoms in total. The predicted molar refractivity (Wildman–Crippen MR) is 123 cm³/mol. The van der Waals surface area contributed by atoms with Crippen molar-refractivity contribution in [1.29, 1.82) is 0 Å². The maximum absolute atomic E-state index is 11.8. The van der Waals surface area contributed by atoms with Crippen molar-refractivity contribution in [2.75, 3.05) is 51.8 Å². The lowest BCUT2D eigenvalue weighted by Gasteiger charge is -2.07. The van der Waals surface area contributed by atoms with Crippen molar-refractivity contribution in [3.63, 3.8) is 0 Å². The average Bonchev–Trinajstić information content (AvgIpc) is 2.70. The third-order valence-corrected chi connectivity index (χ3v) is 7.31. The molecule has 0 fully saturated rings. The fraction of sp³-hybridized carbons (Fsp3) is 1.00. The molecule has 0 aliphatic carbocycles. The van der Waals surface area contributed by atoms with Gasteiger partial charge in [-0.25, -0.2) is 0 Å². The Morgan fingerprint density at radius 2 is 1.07 bits per heavy atom. The quantitative estimate of drug-likeness (QED) is 0.130. The summed E-state index contributed by atoms with van der Waals surface area (Å²) in [5.74, 6) is 0.489. The van der Waals surface area contributed by atoms with Crippen molar-refractivity contribution >= 4 is 19.9 Å². The van der Waals surface area contributed by atoms with Crippen LogP contribution in [0.3, 0.4) is 0 Å². The Labute approximate surface area is 182 Å². The highest BCUT2D eigenvalue weighted by Crippen LogP contribution is 2.13. The minimum Gasteiger partial charge on any atom is -0.396 e. The molecular weight excluding hydrogens is 412 g/mol. The van der Waals surface area contributed by atoms with Crippen LogP contribution in [0.2, 0.25) is 0 Å². The van der Waals surface area contributed by atoms with Gasteiger partial charge in [0.2, 0.25) is 0 Å². The maximum Gasteiger partial charge on any atom is 0.322 e. The largest absolute Gasteiger partial charge is 0.396 e. The van der Waals surface area contributed by atoms with Crippen LogP contribution in [0.4, 0.5) is 0 Å². The summed E-state index contributed by atoms with van der Waals surface area (Å²) < 4.78 is 28.6. The molecular formula is C20H44N2O5S2. The minimum atomic E-state index is -3.51. The van der Waals surface area contributed by atoms with Gasteiger partial charge in [-0.2, -0.15) is 8.42 Å². The van der Waals surface area contributed by atoms with E-state index in [1.165, 1.54) is 32.1 Å². The fourth-order valence-electron chi connectivity index (χ4n) is 2.85. The second-order valence-corrected chi connectivity index (χ2v) is 10.9. The number of unbranched alkanes of at least 4 members (excludes halogenated alkanes) is 10. The molecule has 0 rings (SSSR count). The van der Waals surface area contributed by atoms with E-state index in [1.54, 1.807) is 0 Å². The van der Waals surface area contributed by atoms with Gasteiger partial charge in [-0.05, 0) is 49.6 Å². The number of nitrogens with one attached hydrogen (secondary N) is 2. The van der Waals surface area contributed by atoms with Gasteiger partial charge in [-0.1, -0.05) is 51.4 Å². The molecule has 0 saturated carbocycles. The number of rotatable bonds is 24. The SMILES string of the molecule is O=S(=O)(OCCNCCCCCCCCO)SCCNCCCCCCCCO. The zero-order valence-corrected chi connectivity index (χ0v) is 19.7. The molecule has 4 N–H and O–H groups in total. The fourth-order valence-corrected chi connectivity index (χ4v) is 4.91. The third-order valence-electron chi connectivity index (χ3n) is 4.54. The molecule has 0 amide bonds. The van der Waals surface area contributed by atoms with Gasteiger partial charge in [0.15, 0.2) is 0 Å². The lowest BCUT2D eigenvalue weighted by Crippen LogP contribution is -2.22. The van der Waals surface area contributed by atoms with Crippen LogP contribution >= 0.6 is 10.8 Å². The van der Waals surface area contributed by atoms with Crippen LogP contribution in [-0.2, 0) is 13.3 Å². The first-order valence-corrected chi connectivity index (χ1v) is 14.2. The Hall–Kier alpha value is 0.1000. The van der Waals surface area contributed by atoms with Crippen LogP contribution in [0, 0.1) is 0 Å². The standard InChI is InChI=1S/C20H44N2O5S2/c23-17-11-7-3-1-5-9-13-21-15-19-27-29(25,26)28-20-16-22-14-10-6-2-4-8-12-18-24/h21-24H,1-20H2. The molecule has 0 spiro atoms. The number of aliphatic hydroxyl groups excluding tert-OH is 2. The van der Waals surface area contributed by atoms with Gasteiger partial charge in [-0.15, -0.1) is 0 Å². The first kappa shape index (κ1) is 29.1. The van der Waals surface area contributed by atoms with Gasteiger partial charge in [-0.3, -0.25) is 4.18 Å². The molecule has 0 unspecified atom stereocenters. The van der Waals surface area contributed by atoms with Gasteiger partial charge in [0.25, 0.3) is 0 Å². The zero-order chi connectivity index (χ0) is 21.5. The first-order valence-electron chi connectivity index (χ1n) is 11.3. The zero-order valence-electron chi connectivity index (χ0n) is 18.1. The first-order chi connectivity index (χ1) is 14.1. The molecule has 176 valence electrons. The molecule has 0 aromatic heterocycles. The van der Waals surface area contributed by atoms with Crippen molar-refractivity contribution < 1.29 is 22.8 Å². The van der Waals surface area contributed by atoms with Crippen LogP contribution in [0.5, 0.6) is 0 Å². The predicted octanol–water partition coefficient (Wildman–Crippen LogP) is 2.83. The summed E-state index contributed by atoms with van der Waals surface area (Å²) in [4.78, 5) is 0. The van der Waals surface area contributed by atoms with E-state index in [0.717, 1.165) is 68.8 Å². The highest BCUT2D eigenvalue weighted by Gasteiger charge is 2.11. The highest BCUT2D eigenvalue weighted by atomic mass is 33.1. The molecule has 0 aliphatic heterocycles. The van der Waals surface area contributed by atoms with E-state index < -0.39 is 9.15 Å². The topological polar surface area (TPSA) is 108 Å². The minimum absolute atomic E-state index is 0.176. The van der Waals surface area contributed by atoms with Gasteiger partial charge in [0, 0.05) is 32.1 Å². The van der Waals surface area contributed by atoms with Crippen LogP contribution in [0.15, 0.2) is 0 Å². The Kier molecular flexibility index (Phi) is 22.9. The summed E-state index contributed by atoms with van der Waals surface area (Å²) in [7, 11) is -2.65. The summed E-state index contributed by atoms with van der Waals surface area (Å²) >= 11 is 0. The Balaban J connectivity index is 3.32. The molecule has 0 aliphatic rings. The molecule has 29 heavy (non-hydrogen) atoms. The smallest absolute Gasteiger partial charge is 0.322 e. The molecule has 0 atom stereocenters. The van der Waals surface area contributed by atoms with Crippen LogP contribution in [0.1, 0.15) is 77.0 Å². The van der Waals surface area contributed by atoms with Gasteiger partial charge < -0.3 is 20.8 Å². The molecule has 0 aromatic rings. The summed E-state index contributed by atoms with van der Waals surface area (Å²) in [6.45, 7) is 3.74. The lowest BCUT2D eigenvalue weighted by atomic mass is 10.1. The van der Waals surface area contributed by atoms with E-state index >= 15 is 0 Å². The highest BCUT2D eigenvalue weighted by molar-refractivity contribution is 8.70. The van der Waals surface area contributed by atoms with Crippen LogP contribution < -0.4 is 10.6 Å². The van der Waals surface area contributed by atoms with Crippen molar-refractivity contribution in [3.8, 4) is 0 Å². The number of hydrogen-bond acceptors (Lipinski definition) is 8. The van der Waals surface area contributed by atoms with Gasteiger partial charge >= 0.3 is 9.15 Å². The maximum atomic E-state index is 11.8. The second kappa shape index (κ2) is 22.8. The van der Waals surface area contributed by atoms with Crippen LogP contribution in [0.25, 0.3) is 0 Å². The summed E-state index contributed by atoms with van der Waals surface area (Å²) in [6.07, 6.45) is 13.2. The monoisotopic (exact) mass is 456 g/mol. The summed E-state index contributed by atoms with van der Waals surface area (Å²) in [5.41, 5.74) is 0. The number of aliphatic hydroxyl groups is 2. The second-order valence-electron chi connectivity index (χ2n) is 7.24. The Morgan fingerprint density at radius 3 is 1.59 bits per heavy atom. The van der Waals surface area contributed by atoms with Crippen molar-refractivity contribution in [3.05, 3.63) is 0 Å². The normalized spacial score (nSPS) is 11.9. The van der Waals surface area contributed by atoms with E-state index in [-0.39, 0.29) is 19.8 Å². The van der Waals surface area contributed by atoms with Crippen molar-refractivity contribution in [2.45, 2.75) is 77.0 Å². The molecule has 0 heterocycles. The Bertz CT molecular complexity index is 393. The van der Waals surface area contributed by atoms with Crippen molar-refractivity contribution in [2.24, 2.45) is 0 Å². The molecule has 0 bridgehead atoms. The molecule has 0 aromatic carbocycles. The van der Waals surface area contributed by atoms with E-state index in [4.69, 9.17) is 14.4 Å². The molecule has 0 saturated heterocycles. The third kappa shape index (κ3) is 24.2. The van der Waals surface area contributed by atoms with Crippen LogP contribution in [-0.4, -0.2) is 70.4 Å². The number of hydrogen-bond donors (Lipinski definition) is 4. The average molecular weight is 457 g/mol. The van der Waals surface area contributed by atoms with E-state index in [1.807, 2.05) is 0 Å².